The maximum atomic E-state index is 5.86. The number of nitrogens with one attached hydrogen (secondary N) is 1. The van der Waals surface area contributed by atoms with Gasteiger partial charge in [0.2, 0.25) is 0 Å². The van der Waals surface area contributed by atoms with Gasteiger partial charge in [-0.1, -0.05) is 0 Å². The number of ether oxygens (including phenoxy) is 1. The Labute approximate surface area is 99.8 Å². The van der Waals surface area contributed by atoms with Crippen LogP contribution in [0.4, 0.5) is 0 Å². The third-order valence-electron chi connectivity index (χ3n) is 3.15. The first-order valence-electron chi connectivity index (χ1n) is 5.89. The Morgan fingerprint density at radius 1 is 1.50 bits per heavy atom. The molecule has 1 N–H and O–H groups in total. The Bertz CT molecular complexity index is 358. The minimum Gasteiger partial charge on any atom is -0.369 e. The summed E-state index contributed by atoms with van der Waals surface area (Å²) in [7, 11) is 0. The van der Waals surface area contributed by atoms with E-state index in [9.17, 15) is 0 Å². The van der Waals surface area contributed by atoms with Gasteiger partial charge in [0.15, 0.2) is 0 Å². The van der Waals surface area contributed by atoms with Gasteiger partial charge in [-0.3, -0.25) is 0 Å². The van der Waals surface area contributed by atoms with Crippen LogP contribution >= 0.6 is 11.8 Å². The molecule has 1 unspecified atom stereocenters. The summed E-state index contributed by atoms with van der Waals surface area (Å²) in [5.74, 6) is 3.43. The highest BCUT2D eigenvalue weighted by Crippen LogP contribution is 2.27. The lowest BCUT2D eigenvalue weighted by molar-refractivity contribution is 0.0555. The van der Waals surface area contributed by atoms with Gasteiger partial charge in [0.25, 0.3) is 0 Å². The highest BCUT2D eigenvalue weighted by molar-refractivity contribution is 7.98. The van der Waals surface area contributed by atoms with Crippen molar-refractivity contribution in [1.29, 1.82) is 0 Å². The molecule has 2 aliphatic rings. The van der Waals surface area contributed by atoms with E-state index in [0.29, 0.717) is 0 Å². The Hall–Kier alpha value is -0.520. The number of thioether (sulfide) groups is 1. The van der Waals surface area contributed by atoms with Crippen LogP contribution in [0.15, 0.2) is 6.20 Å². The van der Waals surface area contributed by atoms with Crippen molar-refractivity contribution in [1.82, 2.24) is 14.9 Å². The molecule has 0 amide bonds. The molecule has 88 valence electrons. The van der Waals surface area contributed by atoms with Crippen molar-refractivity contribution < 1.29 is 4.74 Å². The van der Waals surface area contributed by atoms with Crippen LogP contribution in [0.1, 0.15) is 24.0 Å². The minimum atomic E-state index is 0.187. The van der Waals surface area contributed by atoms with E-state index in [4.69, 9.17) is 4.74 Å². The number of aromatic nitrogens is 2. The van der Waals surface area contributed by atoms with Gasteiger partial charge in [-0.05, 0) is 13.0 Å². The summed E-state index contributed by atoms with van der Waals surface area (Å²) in [6.45, 7) is 3.87. The van der Waals surface area contributed by atoms with E-state index in [-0.39, 0.29) is 6.10 Å². The highest BCUT2D eigenvalue weighted by Gasteiger charge is 2.23. The predicted octanol–water partition coefficient (Wildman–Crippen LogP) is 1.18. The average Bonchev–Trinajstić information content (AvgIpc) is 2.57. The molecule has 1 aromatic heterocycles. The summed E-state index contributed by atoms with van der Waals surface area (Å²) in [5, 5.41) is 3.35. The SMILES string of the molecule is c1nc(C2CCNCCO2)n2c1CSCC2. The first-order valence-corrected chi connectivity index (χ1v) is 7.05. The summed E-state index contributed by atoms with van der Waals surface area (Å²) in [6, 6.07) is 0. The van der Waals surface area contributed by atoms with Gasteiger partial charge in [0.05, 0.1) is 6.61 Å². The van der Waals surface area contributed by atoms with Crippen molar-refractivity contribution in [2.45, 2.75) is 24.8 Å². The van der Waals surface area contributed by atoms with Gasteiger partial charge < -0.3 is 14.6 Å². The molecule has 0 bridgehead atoms. The molecular weight excluding hydrogens is 222 g/mol. The molecule has 0 saturated carbocycles. The number of rotatable bonds is 1. The van der Waals surface area contributed by atoms with Crippen LogP contribution in [-0.4, -0.2) is 35.0 Å². The first kappa shape index (κ1) is 10.6. The molecule has 1 atom stereocenters. The second kappa shape index (κ2) is 4.77. The fraction of sp³-hybridized carbons (Fsp3) is 0.727. The van der Waals surface area contributed by atoms with E-state index >= 15 is 0 Å². The van der Waals surface area contributed by atoms with Crippen molar-refractivity contribution in [3.8, 4) is 0 Å². The van der Waals surface area contributed by atoms with E-state index < -0.39 is 0 Å². The third-order valence-corrected chi connectivity index (χ3v) is 4.12. The fourth-order valence-electron chi connectivity index (χ4n) is 2.31. The molecule has 3 rings (SSSR count). The van der Waals surface area contributed by atoms with Crippen LogP contribution in [-0.2, 0) is 17.0 Å². The standard InChI is InChI=1S/C11H17N3OS/c1-2-12-3-5-15-10(1)11-13-7-9-8-16-6-4-14(9)11/h7,10,12H,1-6,8H2. The van der Waals surface area contributed by atoms with Crippen molar-refractivity contribution in [2.24, 2.45) is 0 Å². The smallest absolute Gasteiger partial charge is 0.138 e. The van der Waals surface area contributed by atoms with Crippen LogP contribution in [0.2, 0.25) is 0 Å². The van der Waals surface area contributed by atoms with Crippen molar-refractivity contribution >= 4 is 11.8 Å². The molecular formula is C11H17N3OS. The second-order valence-corrected chi connectivity index (χ2v) is 5.32. The van der Waals surface area contributed by atoms with E-state index in [1.54, 1.807) is 0 Å². The first-order chi connectivity index (χ1) is 7.95. The van der Waals surface area contributed by atoms with E-state index in [1.165, 1.54) is 11.4 Å². The van der Waals surface area contributed by atoms with Crippen molar-refractivity contribution in [3.63, 3.8) is 0 Å². The largest absolute Gasteiger partial charge is 0.369 e. The number of fused-ring (bicyclic) bond motifs is 1. The Morgan fingerprint density at radius 3 is 3.50 bits per heavy atom. The number of hydrogen-bond donors (Lipinski definition) is 1. The molecule has 2 aliphatic heterocycles. The molecule has 0 radical (unpaired) electrons. The van der Waals surface area contributed by atoms with Crippen LogP contribution in [0, 0.1) is 0 Å². The second-order valence-electron chi connectivity index (χ2n) is 4.21. The summed E-state index contributed by atoms with van der Waals surface area (Å²) in [6.07, 6.45) is 3.24. The van der Waals surface area contributed by atoms with Crippen molar-refractivity contribution in [2.75, 3.05) is 25.4 Å². The average molecular weight is 239 g/mol. The maximum absolute atomic E-state index is 5.86. The van der Waals surface area contributed by atoms with E-state index in [0.717, 1.165) is 44.2 Å². The minimum absolute atomic E-state index is 0.187. The molecule has 1 fully saturated rings. The molecule has 0 aromatic carbocycles. The molecule has 4 nitrogen and oxygen atoms in total. The van der Waals surface area contributed by atoms with Crippen LogP contribution in [0.5, 0.6) is 0 Å². The lowest BCUT2D eigenvalue weighted by atomic mass is 10.2. The van der Waals surface area contributed by atoms with Gasteiger partial charge in [0, 0.05) is 36.5 Å². The predicted molar refractivity (Wildman–Crippen MR) is 64.6 cm³/mol. The molecule has 16 heavy (non-hydrogen) atoms. The highest BCUT2D eigenvalue weighted by atomic mass is 32.2. The molecule has 5 heteroatoms. The lowest BCUT2D eigenvalue weighted by Crippen LogP contribution is -2.18. The summed E-state index contributed by atoms with van der Waals surface area (Å²) in [4.78, 5) is 4.56. The monoisotopic (exact) mass is 239 g/mol. The number of hydrogen-bond acceptors (Lipinski definition) is 4. The third kappa shape index (κ3) is 1.99. The summed E-state index contributed by atoms with van der Waals surface area (Å²) < 4.78 is 8.21. The Balaban J connectivity index is 1.84. The van der Waals surface area contributed by atoms with Gasteiger partial charge in [-0.15, -0.1) is 0 Å². The van der Waals surface area contributed by atoms with Crippen molar-refractivity contribution in [3.05, 3.63) is 17.7 Å². The van der Waals surface area contributed by atoms with Gasteiger partial charge >= 0.3 is 0 Å². The van der Waals surface area contributed by atoms with Crippen LogP contribution in [0.3, 0.4) is 0 Å². The molecule has 3 heterocycles. The van der Waals surface area contributed by atoms with Gasteiger partial charge in [-0.25, -0.2) is 4.98 Å². The van der Waals surface area contributed by atoms with Gasteiger partial charge in [-0.2, -0.15) is 11.8 Å². The zero-order valence-corrected chi connectivity index (χ0v) is 10.1. The zero-order valence-electron chi connectivity index (χ0n) is 9.32. The Morgan fingerprint density at radius 2 is 2.50 bits per heavy atom. The maximum Gasteiger partial charge on any atom is 0.138 e. The van der Waals surface area contributed by atoms with Gasteiger partial charge in [0.1, 0.15) is 11.9 Å². The lowest BCUT2D eigenvalue weighted by Gasteiger charge is -2.20. The van der Waals surface area contributed by atoms with E-state index in [2.05, 4.69) is 14.9 Å². The van der Waals surface area contributed by atoms with Crippen LogP contribution in [0.25, 0.3) is 0 Å². The molecule has 0 aliphatic carbocycles. The fourth-order valence-corrected chi connectivity index (χ4v) is 3.20. The molecule has 1 saturated heterocycles. The topological polar surface area (TPSA) is 39.1 Å². The number of nitrogens with zero attached hydrogens (tertiary/aromatic N) is 2. The molecule has 0 spiro atoms. The zero-order chi connectivity index (χ0) is 10.8. The molecule has 1 aromatic rings. The normalized spacial score (nSPS) is 26.1. The van der Waals surface area contributed by atoms with E-state index in [1.807, 2.05) is 18.0 Å². The van der Waals surface area contributed by atoms with Crippen LogP contribution < -0.4 is 5.32 Å². The number of imidazole rings is 1. The quantitative estimate of drug-likeness (QED) is 0.799. The summed E-state index contributed by atoms with van der Waals surface area (Å²) >= 11 is 1.99. The Kier molecular flexibility index (Phi) is 3.17. The summed E-state index contributed by atoms with van der Waals surface area (Å²) in [5.41, 5.74) is 1.35.